The van der Waals surface area contributed by atoms with Crippen LogP contribution >= 0.6 is 30.8 Å². The third-order valence-corrected chi connectivity index (χ3v) is 4.97. The smallest absolute Gasteiger partial charge is 0.810 e. The van der Waals surface area contributed by atoms with E-state index in [2.05, 4.69) is 15.0 Å². The second kappa shape index (κ2) is 8.22. The van der Waals surface area contributed by atoms with Gasteiger partial charge in [0.25, 0.3) is 0 Å². The number of halogens is 2. The summed E-state index contributed by atoms with van der Waals surface area (Å²) in [5.41, 5.74) is 3.92. The van der Waals surface area contributed by atoms with E-state index in [0.29, 0.717) is 0 Å². The molecule has 0 fully saturated rings. The Labute approximate surface area is 175 Å². The Balaban J connectivity index is 0.00000200. The molecule has 0 aromatic carbocycles. The quantitative estimate of drug-likeness (QED) is 0.313. The monoisotopic (exact) mass is 366 g/mol. The van der Waals surface area contributed by atoms with Crippen molar-refractivity contribution in [2.75, 3.05) is 0 Å². The van der Waals surface area contributed by atoms with Crippen molar-refractivity contribution in [3.8, 4) is 0 Å². The maximum atomic E-state index is 11.4. The summed E-state index contributed by atoms with van der Waals surface area (Å²) in [6, 6.07) is 0. The van der Waals surface area contributed by atoms with E-state index in [1.165, 1.54) is 6.08 Å². The van der Waals surface area contributed by atoms with Crippen molar-refractivity contribution >= 4 is 30.8 Å². The van der Waals surface area contributed by atoms with E-state index in [-0.39, 0.29) is 75.7 Å². The van der Waals surface area contributed by atoms with Gasteiger partial charge in [-0.25, -0.2) is 15.0 Å². The number of alkyl halides is 1. The van der Waals surface area contributed by atoms with Crippen LogP contribution in [-0.4, -0.2) is 20.6 Å². The fourth-order valence-corrected chi connectivity index (χ4v) is 3.62. The van der Waals surface area contributed by atoms with Gasteiger partial charge in [0, 0.05) is 5.66 Å². The Hall–Kier alpha value is 1.02. The van der Waals surface area contributed by atoms with Gasteiger partial charge in [-0.05, 0) is 6.08 Å². The van der Waals surface area contributed by atoms with Crippen LogP contribution in [0.15, 0.2) is 35.5 Å². The van der Waals surface area contributed by atoms with Crippen molar-refractivity contribution in [1.29, 1.82) is 0 Å². The van der Waals surface area contributed by atoms with Crippen LogP contribution in [0.4, 0.5) is 0 Å². The van der Waals surface area contributed by atoms with Crippen molar-refractivity contribution in [3.05, 3.63) is 41.4 Å². The molecule has 0 saturated heterocycles. The third-order valence-electron chi connectivity index (χ3n) is 2.64. The van der Waals surface area contributed by atoms with E-state index in [1.807, 2.05) is 0 Å². The van der Waals surface area contributed by atoms with Crippen molar-refractivity contribution in [2.24, 2.45) is 5.73 Å². The number of nitrogens with two attached hydrogens (primary N) is 1. The van der Waals surface area contributed by atoms with E-state index in [4.69, 9.17) is 28.9 Å². The predicted octanol–water partition coefficient (Wildman–Crippen LogP) is -6.43. The molecule has 0 amide bonds. The molecule has 2 unspecified atom stereocenters. The van der Waals surface area contributed by atoms with E-state index >= 15 is 0 Å². The molecule has 21 heavy (non-hydrogen) atoms. The van der Waals surface area contributed by atoms with E-state index in [0.717, 1.165) is 18.7 Å². The molecule has 0 saturated carbocycles. The van der Waals surface area contributed by atoms with Gasteiger partial charge in [-0.1, -0.05) is 25.3 Å². The maximum absolute atomic E-state index is 11.4. The van der Waals surface area contributed by atoms with E-state index in [9.17, 15) is 14.4 Å². The van der Waals surface area contributed by atoms with Gasteiger partial charge in [-0.3, -0.25) is 0 Å². The first kappa shape index (κ1) is 22.0. The van der Waals surface area contributed by atoms with E-state index < -0.39 is 18.1 Å². The molecule has 1 aromatic heterocycles. The number of allylic oxidation sites excluding steroid dienone is 4. The molecular formula is C9H7Cl2N4Na2O3P. The zero-order valence-electron chi connectivity index (χ0n) is 11.2. The molecule has 1 aromatic rings. The van der Waals surface area contributed by atoms with Gasteiger partial charge in [-0.15, -0.1) is 11.6 Å². The molecule has 0 aliphatic heterocycles. The van der Waals surface area contributed by atoms with Gasteiger partial charge in [0.1, 0.15) is 12.7 Å². The molecule has 0 bridgehead atoms. The van der Waals surface area contributed by atoms with Gasteiger partial charge in [0.2, 0.25) is 0 Å². The number of hydrogen-bond acceptors (Lipinski definition) is 7. The summed E-state index contributed by atoms with van der Waals surface area (Å²) in [5.74, 6) is -0.152. The molecule has 2 N–H and O–H groups in total. The Morgan fingerprint density at radius 3 is 2.29 bits per heavy atom. The standard InChI is InChI=1S/C9H9Cl2N4O3P.2Na/c10-5-1-2-6(19(16,17)18)9(11,7(5)12)8-14-3-13-4-15-8;;/h1-4,6H,12H2,(H2,16,17,18);;/q;2*+1/p-2. The van der Waals surface area contributed by atoms with Crippen LogP contribution in [0.25, 0.3) is 0 Å². The van der Waals surface area contributed by atoms with Crippen molar-refractivity contribution in [3.63, 3.8) is 0 Å². The minimum absolute atomic E-state index is 0. The maximum Gasteiger partial charge on any atom is 1.00 e. The summed E-state index contributed by atoms with van der Waals surface area (Å²) in [7, 11) is -5.08. The minimum atomic E-state index is -5.08. The number of nitrogens with zero attached hydrogens (tertiary/aromatic N) is 3. The van der Waals surface area contributed by atoms with Gasteiger partial charge in [0.15, 0.2) is 10.7 Å². The second-order valence-corrected chi connectivity index (χ2v) is 6.42. The zero-order valence-corrected chi connectivity index (χ0v) is 17.6. The first-order valence-corrected chi connectivity index (χ1v) is 7.31. The Kier molecular flexibility index (Phi) is 8.62. The van der Waals surface area contributed by atoms with Gasteiger partial charge >= 0.3 is 59.1 Å². The molecule has 2 atom stereocenters. The molecule has 7 nitrogen and oxygen atoms in total. The van der Waals surface area contributed by atoms with E-state index in [1.54, 1.807) is 0 Å². The zero-order chi connectivity index (χ0) is 14.3. The molecular weight excluding hydrogens is 360 g/mol. The molecule has 1 aliphatic rings. The van der Waals surface area contributed by atoms with Crippen LogP contribution in [0, 0.1) is 0 Å². The van der Waals surface area contributed by atoms with Crippen molar-refractivity contribution in [1.82, 2.24) is 15.0 Å². The van der Waals surface area contributed by atoms with Gasteiger partial charge in [0.05, 0.1) is 10.7 Å². The summed E-state index contributed by atoms with van der Waals surface area (Å²) in [4.78, 5) is 31.9. The van der Waals surface area contributed by atoms with Crippen LogP contribution < -0.4 is 74.6 Å². The van der Waals surface area contributed by atoms with Gasteiger partial charge < -0.3 is 20.1 Å². The average molecular weight is 367 g/mol. The Morgan fingerprint density at radius 1 is 1.29 bits per heavy atom. The minimum Gasteiger partial charge on any atom is -0.810 e. The summed E-state index contributed by atoms with van der Waals surface area (Å²) in [5, 5.41) is 0.0279. The summed E-state index contributed by atoms with van der Waals surface area (Å²) < 4.78 is 11.4. The van der Waals surface area contributed by atoms with Crippen molar-refractivity contribution in [2.45, 2.75) is 10.5 Å². The molecule has 1 heterocycles. The SMILES string of the molecule is NC1=C(Cl)C=CC(P(=O)([O-])[O-])C1(Cl)c1ncncn1.[Na+].[Na+]. The average Bonchev–Trinajstić information content (AvgIpc) is 2.35. The van der Waals surface area contributed by atoms with Crippen LogP contribution in [0.5, 0.6) is 0 Å². The van der Waals surface area contributed by atoms with Crippen LogP contribution in [0.1, 0.15) is 5.82 Å². The normalized spacial score (nSPS) is 25.0. The predicted molar refractivity (Wildman–Crippen MR) is 65.0 cm³/mol. The second-order valence-electron chi connectivity index (χ2n) is 3.78. The fourth-order valence-electron chi connectivity index (χ4n) is 1.73. The number of rotatable bonds is 2. The largest absolute Gasteiger partial charge is 1.00 e. The molecule has 1 aliphatic carbocycles. The molecule has 2 rings (SSSR count). The van der Waals surface area contributed by atoms with Gasteiger partial charge in [-0.2, -0.15) is 0 Å². The molecule has 102 valence electrons. The Morgan fingerprint density at radius 2 is 1.81 bits per heavy atom. The molecule has 12 heteroatoms. The van der Waals surface area contributed by atoms with Crippen LogP contribution in [0.3, 0.4) is 0 Å². The first-order chi connectivity index (χ1) is 8.78. The van der Waals surface area contributed by atoms with Crippen molar-refractivity contribution < 1.29 is 73.5 Å². The number of hydrogen-bond donors (Lipinski definition) is 1. The third kappa shape index (κ3) is 4.31. The first-order valence-electron chi connectivity index (χ1n) is 4.95. The topological polar surface area (TPSA) is 128 Å². The summed E-state index contributed by atoms with van der Waals surface area (Å²) >= 11 is 12.1. The summed E-state index contributed by atoms with van der Waals surface area (Å²) in [6.45, 7) is 0. The van der Waals surface area contributed by atoms with Crippen LogP contribution in [0.2, 0.25) is 0 Å². The number of aromatic nitrogens is 3. The summed E-state index contributed by atoms with van der Waals surface area (Å²) in [6.07, 6.45) is 4.52. The van der Waals surface area contributed by atoms with Crippen LogP contribution in [-0.2, 0) is 9.44 Å². The molecule has 0 radical (unpaired) electrons. The molecule has 0 spiro atoms. The fraction of sp³-hybridized carbons (Fsp3) is 0.222. The Bertz CT molecular complexity index is 612.